The van der Waals surface area contributed by atoms with Crippen molar-refractivity contribution in [2.75, 3.05) is 0 Å². The molecular weight excluding hydrogens is 267 g/mol. The number of rotatable bonds is 2. The Bertz CT molecular complexity index is 449. The van der Waals surface area contributed by atoms with Crippen molar-refractivity contribution in [3.63, 3.8) is 0 Å². The molecule has 14 heavy (non-hydrogen) atoms. The summed E-state index contributed by atoms with van der Waals surface area (Å²) < 4.78 is 6.05. The Morgan fingerprint density at radius 1 is 1.57 bits per heavy atom. The molecule has 2 rings (SSSR count). The molecule has 3 nitrogen and oxygen atoms in total. The van der Waals surface area contributed by atoms with Crippen LogP contribution in [0.3, 0.4) is 0 Å². The number of aromatic amines is 1. The van der Waals surface area contributed by atoms with Gasteiger partial charge in [-0.15, -0.1) is 11.6 Å². The van der Waals surface area contributed by atoms with Crippen molar-refractivity contribution in [3.8, 4) is 11.6 Å². The SMILES string of the molecule is Cc1[nH]c(-c2ccc(Br)o2)nc1CCl. The van der Waals surface area contributed by atoms with Gasteiger partial charge in [0.15, 0.2) is 16.3 Å². The third-order valence-electron chi connectivity index (χ3n) is 1.92. The van der Waals surface area contributed by atoms with E-state index in [2.05, 4.69) is 25.9 Å². The first-order chi connectivity index (χ1) is 6.70. The second-order valence-corrected chi connectivity index (χ2v) is 3.94. The summed E-state index contributed by atoms with van der Waals surface area (Å²) in [6.45, 7) is 1.94. The summed E-state index contributed by atoms with van der Waals surface area (Å²) in [6.07, 6.45) is 0. The second-order valence-electron chi connectivity index (χ2n) is 2.89. The predicted octanol–water partition coefficient (Wildman–Crippen LogP) is 3.48. The van der Waals surface area contributed by atoms with Gasteiger partial charge in [0.25, 0.3) is 0 Å². The summed E-state index contributed by atoms with van der Waals surface area (Å²) in [5, 5.41) is 0. The maximum Gasteiger partial charge on any atom is 0.174 e. The van der Waals surface area contributed by atoms with E-state index in [0.29, 0.717) is 22.1 Å². The molecule has 1 N–H and O–H groups in total. The van der Waals surface area contributed by atoms with Gasteiger partial charge in [-0.25, -0.2) is 4.98 Å². The van der Waals surface area contributed by atoms with E-state index in [0.717, 1.165) is 11.4 Å². The minimum absolute atomic E-state index is 0.407. The molecule has 0 amide bonds. The standard InChI is InChI=1S/C9H8BrClN2O/c1-5-6(4-11)13-9(12-5)7-2-3-8(10)14-7/h2-3H,4H2,1H3,(H,12,13). The van der Waals surface area contributed by atoms with Crippen LogP contribution in [0, 0.1) is 6.92 Å². The van der Waals surface area contributed by atoms with Crippen molar-refractivity contribution < 1.29 is 4.42 Å². The lowest BCUT2D eigenvalue weighted by Crippen LogP contribution is -1.79. The largest absolute Gasteiger partial charge is 0.446 e. The molecule has 0 aliphatic rings. The molecule has 0 aliphatic carbocycles. The Labute approximate surface area is 94.6 Å². The van der Waals surface area contributed by atoms with Crippen LogP contribution in [-0.4, -0.2) is 9.97 Å². The molecule has 0 aliphatic heterocycles. The average Bonchev–Trinajstić information content (AvgIpc) is 2.71. The fraction of sp³-hybridized carbons (Fsp3) is 0.222. The fourth-order valence-electron chi connectivity index (χ4n) is 1.18. The number of imidazole rings is 1. The molecular formula is C9H8BrClN2O. The third kappa shape index (κ3) is 1.72. The third-order valence-corrected chi connectivity index (χ3v) is 2.60. The highest BCUT2D eigenvalue weighted by Gasteiger charge is 2.10. The van der Waals surface area contributed by atoms with Crippen LogP contribution in [0.5, 0.6) is 0 Å². The summed E-state index contributed by atoms with van der Waals surface area (Å²) >= 11 is 8.95. The van der Waals surface area contributed by atoms with Crippen molar-refractivity contribution in [2.24, 2.45) is 0 Å². The molecule has 0 spiro atoms. The van der Waals surface area contributed by atoms with Gasteiger partial charge < -0.3 is 9.40 Å². The van der Waals surface area contributed by atoms with E-state index >= 15 is 0 Å². The number of nitrogens with one attached hydrogen (secondary N) is 1. The van der Waals surface area contributed by atoms with Crippen LogP contribution in [0.2, 0.25) is 0 Å². The summed E-state index contributed by atoms with van der Waals surface area (Å²) in [5.41, 5.74) is 1.83. The van der Waals surface area contributed by atoms with E-state index in [4.69, 9.17) is 16.0 Å². The molecule has 0 unspecified atom stereocenters. The maximum atomic E-state index is 5.72. The van der Waals surface area contributed by atoms with Crippen molar-refractivity contribution in [3.05, 3.63) is 28.2 Å². The quantitative estimate of drug-likeness (QED) is 0.853. The van der Waals surface area contributed by atoms with Gasteiger partial charge in [-0.2, -0.15) is 0 Å². The normalized spacial score (nSPS) is 10.8. The minimum atomic E-state index is 0.407. The molecule has 0 atom stereocenters. The molecule has 2 aromatic heterocycles. The molecule has 0 aromatic carbocycles. The average molecular weight is 276 g/mol. The van der Waals surface area contributed by atoms with Crippen molar-refractivity contribution in [1.29, 1.82) is 0 Å². The molecule has 74 valence electrons. The molecule has 2 aromatic rings. The zero-order valence-electron chi connectivity index (χ0n) is 7.47. The zero-order chi connectivity index (χ0) is 10.1. The van der Waals surface area contributed by atoms with Gasteiger partial charge in [-0.05, 0) is 35.0 Å². The number of furan rings is 1. The molecule has 0 fully saturated rings. The number of alkyl halides is 1. The monoisotopic (exact) mass is 274 g/mol. The van der Waals surface area contributed by atoms with Gasteiger partial charge in [-0.3, -0.25) is 0 Å². The van der Waals surface area contributed by atoms with E-state index in [1.807, 2.05) is 19.1 Å². The Hall–Kier alpha value is -0.740. The van der Waals surface area contributed by atoms with Crippen LogP contribution in [0.15, 0.2) is 21.2 Å². The van der Waals surface area contributed by atoms with Crippen LogP contribution in [-0.2, 0) is 5.88 Å². The number of aromatic nitrogens is 2. The van der Waals surface area contributed by atoms with Crippen molar-refractivity contribution in [1.82, 2.24) is 9.97 Å². The van der Waals surface area contributed by atoms with Gasteiger partial charge in [0.05, 0.1) is 11.6 Å². The first kappa shape index (κ1) is 9.80. The van der Waals surface area contributed by atoms with Gasteiger partial charge in [0.1, 0.15) is 0 Å². The van der Waals surface area contributed by atoms with Gasteiger partial charge in [-0.1, -0.05) is 0 Å². The van der Waals surface area contributed by atoms with Gasteiger partial charge >= 0.3 is 0 Å². The number of hydrogen-bond donors (Lipinski definition) is 1. The van der Waals surface area contributed by atoms with Crippen LogP contribution >= 0.6 is 27.5 Å². The van der Waals surface area contributed by atoms with E-state index in [1.54, 1.807) is 0 Å². The van der Waals surface area contributed by atoms with E-state index in [1.165, 1.54) is 0 Å². The topological polar surface area (TPSA) is 41.8 Å². The highest BCUT2D eigenvalue weighted by atomic mass is 79.9. The molecule has 0 saturated carbocycles. The van der Waals surface area contributed by atoms with Crippen LogP contribution in [0.1, 0.15) is 11.4 Å². The molecule has 0 radical (unpaired) electrons. The maximum absolute atomic E-state index is 5.72. The molecule has 5 heteroatoms. The van der Waals surface area contributed by atoms with E-state index in [-0.39, 0.29) is 0 Å². The zero-order valence-corrected chi connectivity index (χ0v) is 9.82. The lowest BCUT2D eigenvalue weighted by molar-refractivity contribution is 0.552. The highest BCUT2D eigenvalue weighted by molar-refractivity contribution is 9.10. The van der Waals surface area contributed by atoms with Crippen LogP contribution < -0.4 is 0 Å². The second kappa shape index (κ2) is 3.79. The van der Waals surface area contributed by atoms with Crippen molar-refractivity contribution >= 4 is 27.5 Å². The van der Waals surface area contributed by atoms with E-state index in [9.17, 15) is 0 Å². The smallest absolute Gasteiger partial charge is 0.174 e. The summed E-state index contributed by atoms with van der Waals surface area (Å²) in [7, 11) is 0. The Balaban J connectivity index is 2.42. The summed E-state index contributed by atoms with van der Waals surface area (Å²) in [6, 6.07) is 3.67. The Morgan fingerprint density at radius 3 is 2.86 bits per heavy atom. The first-order valence-corrected chi connectivity index (χ1v) is 5.40. The van der Waals surface area contributed by atoms with Crippen LogP contribution in [0.25, 0.3) is 11.6 Å². The lowest BCUT2D eigenvalue weighted by atomic mass is 10.4. The lowest BCUT2D eigenvalue weighted by Gasteiger charge is -1.87. The number of halogens is 2. The number of H-pyrrole nitrogens is 1. The first-order valence-electron chi connectivity index (χ1n) is 4.08. The molecule has 0 saturated heterocycles. The Morgan fingerprint density at radius 2 is 2.36 bits per heavy atom. The minimum Gasteiger partial charge on any atom is -0.446 e. The predicted molar refractivity (Wildman–Crippen MR) is 58.3 cm³/mol. The fourth-order valence-corrected chi connectivity index (χ4v) is 1.75. The van der Waals surface area contributed by atoms with Crippen LogP contribution in [0.4, 0.5) is 0 Å². The van der Waals surface area contributed by atoms with Gasteiger partial charge in [0.2, 0.25) is 0 Å². The number of aryl methyl sites for hydroxylation is 1. The van der Waals surface area contributed by atoms with Gasteiger partial charge in [0, 0.05) is 5.69 Å². The summed E-state index contributed by atoms with van der Waals surface area (Å²) in [5.74, 6) is 1.82. The molecule has 2 heterocycles. The highest BCUT2D eigenvalue weighted by Crippen LogP contribution is 2.23. The number of nitrogens with zero attached hydrogens (tertiary/aromatic N) is 1. The van der Waals surface area contributed by atoms with E-state index < -0.39 is 0 Å². The van der Waals surface area contributed by atoms with Crippen molar-refractivity contribution in [2.45, 2.75) is 12.8 Å². The summed E-state index contributed by atoms with van der Waals surface area (Å²) in [4.78, 5) is 7.42. The molecule has 0 bridgehead atoms. The number of hydrogen-bond acceptors (Lipinski definition) is 2. The Kier molecular flexibility index (Phi) is 2.65.